The molecule has 5 heteroatoms. The summed E-state index contributed by atoms with van der Waals surface area (Å²) in [5.74, 6) is 0.591. The first-order valence-corrected chi connectivity index (χ1v) is 9.46. The van der Waals surface area contributed by atoms with Crippen LogP contribution in [0.2, 0.25) is 0 Å². The Morgan fingerprint density at radius 1 is 0.926 bits per heavy atom. The smallest absolute Gasteiger partial charge is 0.338 e. The van der Waals surface area contributed by atoms with Gasteiger partial charge in [-0.25, -0.2) is 4.79 Å². The Hall–Kier alpha value is -2.82. The lowest BCUT2D eigenvalue weighted by molar-refractivity contribution is -0.130. The van der Waals surface area contributed by atoms with E-state index in [-0.39, 0.29) is 11.9 Å². The summed E-state index contributed by atoms with van der Waals surface area (Å²) in [6, 6.07) is 16.3. The zero-order chi connectivity index (χ0) is 19.1. The van der Waals surface area contributed by atoms with Gasteiger partial charge in [-0.05, 0) is 56.2 Å². The predicted octanol–water partition coefficient (Wildman–Crippen LogP) is 4.47. The Kier molecular flexibility index (Phi) is 6.47. The van der Waals surface area contributed by atoms with Crippen molar-refractivity contribution in [3.63, 3.8) is 0 Å². The molecule has 0 radical (unpaired) electrons. The molecule has 1 aliphatic rings. The van der Waals surface area contributed by atoms with Crippen molar-refractivity contribution in [1.29, 1.82) is 0 Å². The first kappa shape index (κ1) is 19.0. The first-order valence-electron chi connectivity index (χ1n) is 9.46. The van der Waals surface area contributed by atoms with Gasteiger partial charge in [-0.15, -0.1) is 0 Å². The summed E-state index contributed by atoms with van der Waals surface area (Å²) in [4.78, 5) is 24.5. The molecule has 0 aromatic heterocycles. The third-order valence-corrected chi connectivity index (χ3v) is 4.67. The number of amides is 1. The number of para-hydroxylation sites is 1. The monoisotopic (exact) mass is 367 g/mol. The Balaban J connectivity index is 1.51. The number of esters is 1. The summed E-state index contributed by atoms with van der Waals surface area (Å²) in [6.07, 6.45) is 4.66. The van der Waals surface area contributed by atoms with Crippen molar-refractivity contribution in [3.05, 3.63) is 60.2 Å². The van der Waals surface area contributed by atoms with Crippen molar-refractivity contribution in [2.45, 2.75) is 51.2 Å². The minimum atomic E-state index is -0.820. The molecule has 1 amide bonds. The molecule has 142 valence electrons. The molecule has 0 heterocycles. The summed E-state index contributed by atoms with van der Waals surface area (Å²) in [7, 11) is 0. The van der Waals surface area contributed by atoms with Crippen LogP contribution in [0.15, 0.2) is 54.6 Å². The predicted molar refractivity (Wildman–Crippen MR) is 103 cm³/mol. The molecule has 27 heavy (non-hydrogen) atoms. The van der Waals surface area contributed by atoms with Crippen LogP contribution in [0.4, 0.5) is 0 Å². The molecular weight excluding hydrogens is 342 g/mol. The highest BCUT2D eigenvalue weighted by Gasteiger charge is 2.22. The van der Waals surface area contributed by atoms with Gasteiger partial charge in [0.25, 0.3) is 5.91 Å². The minimum Gasteiger partial charge on any atom is -0.457 e. The lowest BCUT2D eigenvalue weighted by Gasteiger charge is -2.24. The van der Waals surface area contributed by atoms with Gasteiger partial charge in [0.1, 0.15) is 11.5 Å². The number of hydrogen-bond acceptors (Lipinski definition) is 4. The lowest BCUT2D eigenvalue weighted by Crippen LogP contribution is -2.42. The maximum atomic E-state index is 12.3. The number of ether oxygens (including phenoxy) is 2. The fraction of sp³-hybridized carbons (Fsp3) is 0.364. The van der Waals surface area contributed by atoms with Crippen molar-refractivity contribution in [3.8, 4) is 11.5 Å². The van der Waals surface area contributed by atoms with Crippen LogP contribution in [0.3, 0.4) is 0 Å². The Bertz CT molecular complexity index is 752. The van der Waals surface area contributed by atoms with Crippen LogP contribution in [0, 0.1) is 0 Å². The largest absolute Gasteiger partial charge is 0.457 e. The van der Waals surface area contributed by atoms with Gasteiger partial charge in [0.05, 0.1) is 5.56 Å². The third kappa shape index (κ3) is 5.58. The lowest BCUT2D eigenvalue weighted by atomic mass is 9.95. The second kappa shape index (κ2) is 9.21. The van der Waals surface area contributed by atoms with Crippen LogP contribution in [-0.2, 0) is 9.53 Å². The normalized spacial score (nSPS) is 15.6. The molecule has 1 aliphatic carbocycles. The van der Waals surface area contributed by atoms with Gasteiger partial charge in [0.2, 0.25) is 0 Å². The quantitative estimate of drug-likeness (QED) is 0.765. The van der Waals surface area contributed by atoms with Crippen LogP contribution >= 0.6 is 0 Å². The number of carbonyl (C=O) groups is 2. The Morgan fingerprint density at radius 2 is 1.56 bits per heavy atom. The van der Waals surface area contributed by atoms with E-state index in [4.69, 9.17) is 9.47 Å². The Morgan fingerprint density at radius 3 is 2.22 bits per heavy atom. The van der Waals surface area contributed by atoms with Crippen LogP contribution < -0.4 is 10.1 Å². The summed E-state index contributed by atoms with van der Waals surface area (Å²) in [5, 5.41) is 2.98. The highest BCUT2D eigenvalue weighted by atomic mass is 16.5. The zero-order valence-electron chi connectivity index (χ0n) is 15.5. The second-order valence-corrected chi connectivity index (χ2v) is 6.83. The SMILES string of the molecule is C[C@H](OC(=O)c1ccc(Oc2ccccc2)cc1)C(=O)NC1CCCCC1. The van der Waals surface area contributed by atoms with Gasteiger partial charge in [0.15, 0.2) is 6.10 Å². The van der Waals surface area contributed by atoms with E-state index in [2.05, 4.69) is 5.32 Å². The highest BCUT2D eigenvalue weighted by molar-refractivity contribution is 5.92. The number of hydrogen-bond donors (Lipinski definition) is 1. The van der Waals surface area contributed by atoms with Crippen molar-refractivity contribution < 1.29 is 19.1 Å². The van der Waals surface area contributed by atoms with Crippen LogP contribution in [-0.4, -0.2) is 24.0 Å². The molecule has 3 rings (SSSR count). The van der Waals surface area contributed by atoms with Crippen molar-refractivity contribution in [1.82, 2.24) is 5.32 Å². The molecule has 0 saturated heterocycles. The highest BCUT2D eigenvalue weighted by Crippen LogP contribution is 2.21. The zero-order valence-corrected chi connectivity index (χ0v) is 15.5. The van der Waals surface area contributed by atoms with Gasteiger partial charge >= 0.3 is 5.97 Å². The van der Waals surface area contributed by atoms with E-state index in [0.29, 0.717) is 11.3 Å². The molecule has 1 N–H and O–H groups in total. The van der Waals surface area contributed by atoms with Gasteiger partial charge in [-0.1, -0.05) is 37.5 Å². The van der Waals surface area contributed by atoms with Gasteiger partial charge in [0, 0.05) is 6.04 Å². The number of carbonyl (C=O) groups excluding carboxylic acids is 2. The molecular formula is C22H25NO4. The average Bonchev–Trinajstić information content (AvgIpc) is 2.70. The average molecular weight is 367 g/mol. The molecule has 5 nitrogen and oxygen atoms in total. The molecule has 0 unspecified atom stereocenters. The fourth-order valence-corrected chi connectivity index (χ4v) is 3.13. The minimum absolute atomic E-state index is 0.196. The molecule has 1 fully saturated rings. The van der Waals surface area contributed by atoms with Gasteiger partial charge in [-0.3, -0.25) is 4.79 Å². The molecule has 0 aliphatic heterocycles. The summed E-state index contributed by atoms with van der Waals surface area (Å²) in [6.45, 7) is 1.60. The summed E-state index contributed by atoms with van der Waals surface area (Å²) >= 11 is 0. The molecule has 1 atom stereocenters. The van der Waals surface area contributed by atoms with Crippen molar-refractivity contribution in [2.75, 3.05) is 0 Å². The molecule has 2 aromatic rings. The van der Waals surface area contributed by atoms with E-state index < -0.39 is 12.1 Å². The summed E-state index contributed by atoms with van der Waals surface area (Å²) < 4.78 is 11.0. The van der Waals surface area contributed by atoms with Crippen molar-refractivity contribution >= 4 is 11.9 Å². The third-order valence-electron chi connectivity index (χ3n) is 4.67. The van der Waals surface area contributed by atoms with Gasteiger partial charge < -0.3 is 14.8 Å². The summed E-state index contributed by atoms with van der Waals surface area (Å²) in [5.41, 5.74) is 0.382. The van der Waals surface area contributed by atoms with E-state index in [1.807, 2.05) is 30.3 Å². The maximum absolute atomic E-state index is 12.3. The molecule has 1 saturated carbocycles. The van der Waals surface area contributed by atoms with E-state index in [9.17, 15) is 9.59 Å². The first-order chi connectivity index (χ1) is 13.1. The molecule has 0 spiro atoms. The van der Waals surface area contributed by atoms with E-state index >= 15 is 0 Å². The van der Waals surface area contributed by atoms with E-state index in [0.717, 1.165) is 31.4 Å². The molecule has 2 aromatic carbocycles. The standard InChI is InChI=1S/C22H25NO4/c1-16(21(24)23-18-8-4-2-5-9-18)26-22(25)17-12-14-20(15-13-17)27-19-10-6-3-7-11-19/h3,6-7,10-16,18H,2,4-5,8-9H2,1H3,(H,23,24)/t16-/m0/s1. The number of benzene rings is 2. The maximum Gasteiger partial charge on any atom is 0.338 e. The fourth-order valence-electron chi connectivity index (χ4n) is 3.13. The molecule has 0 bridgehead atoms. The topological polar surface area (TPSA) is 64.6 Å². The number of rotatable bonds is 6. The van der Waals surface area contributed by atoms with E-state index in [1.54, 1.807) is 31.2 Å². The van der Waals surface area contributed by atoms with Crippen LogP contribution in [0.25, 0.3) is 0 Å². The number of nitrogens with one attached hydrogen (secondary N) is 1. The van der Waals surface area contributed by atoms with Crippen molar-refractivity contribution in [2.24, 2.45) is 0 Å². The second-order valence-electron chi connectivity index (χ2n) is 6.83. The van der Waals surface area contributed by atoms with E-state index in [1.165, 1.54) is 6.42 Å². The van der Waals surface area contributed by atoms with Crippen LogP contribution in [0.1, 0.15) is 49.4 Å². The Labute approximate surface area is 159 Å². The van der Waals surface area contributed by atoms with Gasteiger partial charge in [-0.2, -0.15) is 0 Å². The van der Waals surface area contributed by atoms with Crippen LogP contribution in [0.5, 0.6) is 11.5 Å².